The molecule has 5 nitrogen and oxygen atoms in total. The van der Waals surface area contributed by atoms with Crippen molar-refractivity contribution < 1.29 is 14.3 Å². The second-order valence-electron chi connectivity index (χ2n) is 7.35. The van der Waals surface area contributed by atoms with Gasteiger partial charge in [0.05, 0.1) is 20.8 Å². The highest BCUT2D eigenvalue weighted by molar-refractivity contribution is 5.82. The monoisotopic (exact) mass is 402 g/mol. The number of carbonyl (C=O) groups is 1. The second-order valence-corrected chi connectivity index (χ2v) is 7.35. The van der Waals surface area contributed by atoms with Gasteiger partial charge in [0.25, 0.3) is 0 Å². The Morgan fingerprint density at radius 1 is 0.900 bits per heavy atom. The van der Waals surface area contributed by atoms with Gasteiger partial charge in [0, 0.05) is 12.2 Å². The Kier molecular flexibility index (Phi) is 5.89. The molecule has 0 radical (unpaired) electrons. The van der Waals surface area contributed by atoms with Crippen molar-refractivity contribution in [3.63, 3.8) is 0 Å². The fourth-order valence-electron chi connectivity index (χ4n) is 3.88. The van der Waals surface area contributed by atoms with E-state index in [4.69, 9.17) is 9.47 Å². The van der Waals surface area contributed by atoms with Gasteiger partial charge in [0.15, 0.2) is 11.5 Å². The maximum atomic E-state index is 12.2. The maximum absolute atomic E-state index is 12.2. The molecule has 3 aromatic rings. The van der Waals surface area contributed by atoms with Crippen molar-refractivity contribution in [1.82, 2.24) is 5.32 Å². The first-order chi connectivity index (χ1) is 14.7. The summed E-state index contributed by atoms with van der Waals surface area (Å²) >= 11 is 0. The molecule has 0 aromatic heterocycles. The maximum Gasteiger partial charge on any atom is 0.239 e. The minimum Gasteiger partial charge on any atom is -0.493 e. The van der Waals surface area contributed by atoms with Gasteiger partial charge in [0.1, 0.15) is 0 Å². The van der Waals surface area contributed by atoms with Crippen molar-refractivity contribution in [3.05, 3.63) is 77.4 Å². The molecule has 0 fully saturated rings. The highest BCUT2D eigenvalue weighted by Gasteiger charge is 2.17. The van der Waals surface area contributed by atoms with Crippen LogP contribution in [0.2, 0.25) is 0 Å². The van der Waals surface area contributed by atoms with Gasteiger partial charge in [-0.3, -0.25) is 4.79 Å². The number of amides is 1. The Morgan fingerprint density at radius 2 is 1.70 bits per heavy atom. The first-order valence-electron chi connectivity index (χ1n) is 10.1. The third kappa shape index (κ3) is 4.25. The van der Waals surface area contributed by atoms with E-state index in [0.29, 0.717) is 18.0 Å². The molecule has 30 heavy (non-hydrogen) atoms. The molecule has 1 aliphatic carbocycles. The fraction of sp³-hybridized carbons (Fsp3) is 0.240. The summed E-state index contributed by atoms with van der Waals surface area (Å²) in [5.41, 5.74) is 7.31. The van der Waals surface area contributed by atoms with Crippen LogP contribution in [0.15, 0.2) is 60.7 Å². The zero-order valence-electron chi connectivity index (χ0n) is 17.3. The van der Waals surface area contributed by atoms with Crippen molar-refractivity contribution in [2.24, 2.45) is 0 Å². The molecule has 1 aliphatic rings. The number of rotatable bonds is 8. The predicted molar refractivity (Wildman–Crippen MR) is 119 cm³/mol. The van der Waals surface area contributed by atoms with Gasteiger partial charge >= 0.3 is 0 Å². The molecule has 0 atom stereocenters. The Bertz CT molecular complexity index is 1060. The zero-order valence-corrected chi connectivity index (χ0v) is 17.3. The van der Waals surface area contributed by atoms with Crippen LogP contribution < -0.4 is 20.1 Å². The molecule has 154 valence electrons. The topological polar surface area (TPSA) is 59.6 Å². The third-order valence-electron chi connectivity index (χ3n) is 5.43. The van der Waals surface area contributed by atoms with Crippen molar-refractivity contribution in [2.45, 2.75) is 12.8 Å². The SMILES string of the molecule is COc1ccc(CCNC(=O)CNc2ccc3c(c2)Cc2ccccc2-3)cc1OC. The van der Waals surface area contributed by atoms with Crippen LogP contribution >= 0.6 is 0 Å². The molecule has 0 bridgehead atoms. The summed E-state index contributed by atoms with van der Waals surface area (Å²) in [5, 5.41) is 6.19. The largest absolute Gasteiger partial charge is 0.493 e. The molecule has 3 aromatic carbocycles. The number of nitrogens with one attached hydrogen (secondary N) is 2. The van der Waals surface area contributed by atoms with Crippen LogP contribution in [0.25, 0.3) is 11.1 Å². The molecule has 4 rings (SSSR count). The molecular weight excluding hydrogens is 376 g/mol. The van der Waals surface area contributed by atoms with Gasteiger partial charge in [-0.05, 0) is 64.9 Å². The Morgan fingerprint density at radius 3 is 2.53 bits per heavy atom. The van der Waals surface area contributed by atoms with Crippen LogP contribution in [-0.2, 0) is 17.6 Å². The van der Waals surface area contributed by atoms with E-state index in [9.17, 15) is 4.79 Å². The van der Waals surface area contributed by atoms with Crippen LogP contribution in [-0.4, -0.2) is 33.2 Å². The zero-order chi connectivity index (χ0) is 20.9. The summed E-state index contributed by atoms with van der Waals surface area (Å²) in [6, 6.07) is 20.6. The van der Waals surface area contributed by atoms with Gasteiger partial charge in [-0.2, -0.15) is 0 Å². The lowest BCUT2D eigenvalue weighted by Gasteiger charge is -2.11. The van der Waals surface area contributed by atoms with Crippen molar-refractivity contribution in [3.8, 4) is 22.6 Å². The van der Waals surface area contributed by atoms with E-state index in [2.05, 4.69) is 47.0 Å². The van der Waals surface area contributed by atoms with Gasteiger partial charge in [-0.1, -0.05) is 36.4 Å². The molecule has 0 saturated heterocycles. The van der Waals surface area contributed by atoms with Crippen molar-refractivity contribution in [2.75, 3.05) is 32.6 Å². The minimum absolute atomic E-state index is 0.0285. The normalized spacial score (nSPS) is 11.4. The molecule has 1 amide bonds. The van der Waals surface area contributed by atoms with Crippen LogP contribution in [0.3, 0.4) is 0 Å². The third-order valence-corrected chi connectivity index (χ3v) is 5.43. The second kappa shape index (κ2) is 8.91. The summed E-state index contributed by atoms with van der Waals surface area (Å²) in [6.45, 7) is 0.813. The molecule has 5 heteroatoms. The number of anilines is 1. The summed E-state index contributed by atoms with van der Waals surface area (Å²) in [5.74, 6) is 1.37. The van der Waals surface area contributed by atoms with E-state index < -0.39 is 0 Å². The number of fused-ring (bicyclic) bond motifs is 3. The predicted octanol–water partition coefficient (Wildman–Crippen LogP) is 4.05. The van der Waals surface area contributed by atoms with Crippen LogP contribution in [0, 0.1) is 0 Å². The van der Waals surface area contributed by atoms with Gasteiger partial charge < -0.3 is 20.1 Å². The number of benzene rings is 3. The molecule has 0 spiro atoms. The average molecular weight is 402 g/mol. The van der Waals surface area contributed by atoms with Crippen LogP contribution in [0.4, 0.5) is 5.69 Å². The summed E-state index contributed by atoms with van der Waals surface area (Å²) in [6.07, 6.45) is 1.67. The molecule has 0 saturated carbocycles. The van der Waals surface area contributed by atoms with Gasteiger partial charge in [0.2, 0.25) is 5.91 Å². The molecule has 2 N–H and O–H groups in total. The minimum atomic E-state index is -0.0285. The van der Waals surface area contributed by atoms with E-state index >= 15 is 0 Å². The highest BCUT2D eigenvalue weighted by atomic mass is 16.5. The quantitative estimate of drug-likeness (QED) is 0.467. The number of ether oxygens (including phenoxy) is 2. The molecule has 0 unspecified atom stereocenters. The van der Waals surface area contributed by atoms with Gasteiger partial charge in [-0.15, -0.1) is 0 Å². The smallest absolute Gasteiger partial charge is 0.239 e. The van der Waals surface area contributed by atoms with Gasteiger partial charge in [-0.25, -0.2) is 0 Å². The number of hydrogen-bond donors (Lipinski definition) is 2. The fourth-order valence-corrected chi connectivity index (χ4v) is 3.88. The number of hydrogen-bond acceptors (Lipinski definition) is 4. The van der Waals surface area contributed by atoms with Crippen molar-refractivity contribution in [1.29, 1.82) is 0 Å². The number of carbonyl (C=O) groups excluding carboxylic acids is 1. The van der Waals surface area contributed by atoms with E-state index in [-0.39, 0.29) is 12.5 Å². The molecule has 0 aliphatic heterocycles. The van der Waals surface area contributed by atoms with E-state index in [0.717, 1.165) is 24.1 Å². The van der Waals surface area contributed by atoms with Crippen LogP contribution in [0.1, 0.15) is 16.7 Å². The highest BCUT2D eigenvalue weighted by Crippen LogP contribution is 2.37. The lowest BCUT2D eigenvalue weighted by Crippen LogP contribution is -2.31. The van der Waals surface area contributed by atoms with Crippen molar-refractivity contribution >= 4 is 11.6 Å². The summed E-state index contributed by atoms with van der Waals surface area (Å²) < 4.78 is 10.6. The Hall–Kier alpha value is -3.47. The first-order valence-corrected chi connectivity index (χ1v) is 10.1. The molecular formula is C25H26N2O3. The lowest BCUT2D eigenvalue weighted by atomic mass is 10.1. The van der Waals surface area contributed by atoms with Crippen LogP contribution in [0.5, 0.6) is 11.5 Å². The molecule has 0 heterocycles. The lowest BCUT2D eigenvalue weighted by molar-refractivity contribution is -0.119. The number of methoxy groups -OCH3 is 2. The first kappa shape index (κ1) is 19.8. The summed E-state index contributed by atoms with van der Waals surface area (Å²) in [4.78, 5) is 12.2. The van der Waals surface area contributed by atoms with E-state index in [1.807, 2.05) is 24.3 Å². The van der Waals surface area contributed by atoms with E-state index in [1.165, 1.54) is 22.3 Å². The Balaban J connectivity index is 1.26. The standard InChI is InChI=1S/C25H26N2O3/c1-29-23-10-7-17(13-24(23)30-2)11-12-26-25(28)16-27-20-8-9-22-19(15-20)14-18-5-3-4-6-21(18)22/h3-10,13,15,27H,11-12,14,16H2,1-2H3,(H,26,28). The average Bonchev–Trinajstić information content (AvgIpc) is 3.15. The Labute approximate surface area is 177 Å². The van der Waals surface area contributed by atoms with E-state index in [1.54, 1.807) is 14.2 Å². The summed E-state index contributed by atoms with van der Waals surface area (Å²) in [7, 11) is 3.23.